The molecule has 0 aromatic carbocycles. The van der Waals surface area contributed by atoms with E-state index in [-0.39, 0.29) is 0 Å². The summed E-state index contributed by atoms with van der Waals surface area (Å²) in [4.78, 5) is 0. The standard InChI is InChI=1S/C12H23B/c1-10(2)12-8-4-6-11(3,13-12)7-5-9-12/h10,13H,4-9H2,1-3H3. The summed E-state index contributed by atoms with van der Waals surface area (Å²) in [6.45, 7) is 7.41. The molecule has 2 rings (SSSR count). The van der Waals surface area contributed by atoms with E-state index in [2.05, 4.69) is 20.8 Å². The van der Waals surface area contributed by atoms with Crippen LogP contribution >= 0.6 is 0 Å². The number of hydrogen-bond acceptors (Lipinski definition) is 0. The first-order chi connectivity index (χ1) is 6.06. The summed E-state index contributed by atoms with van der Waals surface area (Å²) < 4.78 is 0. The summed E-state index contributed by atoms with van der Waals surface area (Å²) in [6.07, 6.45) is 9.02. The maximum Gasteiger partial charge on any atom is 0.135 e. The highest BCUT2D eigenvalue weighted by atomic mass is 14.4. The number of rotatable bonds is 1. The van der Waals surface area contributed by atoms with Crippen molar-refractivity contribution < 1.29 is 0 Å². The van der Waals surface area contributed by atoms with Crippen molar-refractivity contribution in [1.29, 1.82) is 0 Å². The predicted molar refractivity (Wildman–Crippen MR) is 60.7 cm³/mol. The van der Waals surface area contributed by atoms with Gasteiger partial charge in [0, 0.05) is 0 Å². The van der Waals surface area contributed by atoms with E-state index in [4.69, 9.17) is 0 Å². The quantitative estimate of drug-likeness (QED) is 0.536. The fraction of sp³-hybridized carbons (Fsp3) is 1.00. The van der Waals surface area contributed by atoms with Gasteiger partial charge in [-0.1, -0.05) is 69.9 Å². The third kappa shape index (κ3) is 1.55. The molecule has 74 valence electrons. The Labute approximate surface area is 83.7 Å². The topological polar surface area (TPSA) is 0 Å². The Kier molecular flexibility index (Phi) is 2.24. The van der Waals surface area contributed by atoms with Crippen molar-refractivity contribution in [1.82, 2.24) is 0 Å². The molecule has 1 heteroatoms. The summed E-state index contributed by atoms with van der Waals surface area (Å²) in [7, 11) is 1.53. The van der Waals surface area contributed by atoms with Gasteiger partial charge >= 0.3 is 0 Å². The van der Waals surface area contributed by atoms with Gasteiger partial charge in [0.2, 0.25) is 0 Å². The molecule has 0 nitrogen and oxygen atoms in total. The van der Waals surface area contributed by atoms with Crippen LogP contribution in [0.1, 0.15) is 59.3 Å². The van der Waals surface area contributed by atoms with Gasteiger partial charge in [-0.2, -0.15) is 0 Å². The zero-order valence-electron chi connectivity index (χ0n) is 9.53. The third-order valence-electron chi connectivity index (χ3n) is 4.91. The lowest BCUT2D eigenvalue weighted by Crippen LogP contribution is -2.41. The minimum atomic E-state index is 0.723. The van der Waals surface area contributed by atoms with E-state index < -0.39 is 0 Å². The zero-order valence-corrected chi connectivity index (χ0v) is 9.53. The highest BCUT2D eigenvalue weighted by molar-refractivity contribution is 6.45. The molecule has 0 aliphatic carbocycles. The van der Waals surface area contributed by atoms with E-state index in [0.717, 1.165) is 16.5 Å². The van der Waals surface area contributed by atoms with Gasteiger partial charge in [0.05, 0.1) is 0 Å². The molecule has 13 heavy (non-hydrogen) atoms. The molecule has 2 saturated heterocycles. The minimum Gasteiger partial charge on any atom is -0.0665 e. The van der Waals surface area contributed by atoms with Crippen LogP contribution in [0.2, 0.25) is 10.6 Å². The third-order valence-corrected chi connectivity index (χ3v) is 4.91. The van der Waals surface area contributed by atoms with Crippen molar-refractivity contribution in [2.24, 2.45) is 5.92 Å². The first-order valence-electron chi connectivity index (χ1n) is 6.06. The van der Waals surface area contributed by atoms with Gasteiger partial charge in [-0.3, -0.25) is 0 Å². The lowest BCUT2D eigenvalue weighted by molar-refractivity contribution is 0.245. The second kappa shape index (κ2) is 3.03. The van der Waals surface area contributed by atoms with Gasteiger partial charge in [-0.25, -0.2) is 0 Å². The van der Waals surface area contributed by atoms with Crippen LogP contribution < -0.4 is 0 Å². The first-order valence-corrected chi connectivity index (χ1v) is 6.06. The predicted octanol–water partition coefficient (Wildman–Crippen LogP) is 3.78. The van der Waals surface area contributed by atoms with Crippen molar-refractivity contribution in [3.63, 3.8) is 0 Å². The average molecular weight is 178 g/mol. The summed E-state index contributed by atoms with van der Waals surface area (Å²) in [5, 5.41) is 1.46. The van der Waals surface area contributed by atoms with Gasteiger partial charge in [0.15, 0.2) is 0 Å². The van der Waals surface area contributed by atoms with E-state index in [1.165, 1.54) is 45.8 Å². The van der Waals surface area contributed by atoms with E-state index in [1.54, 1.807) is 0 Å². The number of hydrogen-bond donors (Lipinski definition) is 0. The fourth-order valence-corrected chi connectivity index (χ4v) is 3.97. The first kappa shape index (κ1) is 9.61. The molecule has 0 amide bonds. The van der Waals surface area contributed by atoms with E-state index >= 15 is 0 Å². The Hall–Kier alpha value is 0.0649. The molecular weight excluding hydrogens is 155 g/mol. The van der Waals surface area contributed by atoms with Crippen LogP contribution in [0.25, 0.3) is 0 Å². The van der Waals surface area contributed by atoms with Crippen molar-refractivity contribution in [2.45, 2.75) is 69.9 Å². The normalized spacial score (nSPS) is 44.6. The largest absolute Gasteiger partial charge is 0.135 e. The zero-order chi connectivity index (χ0) is 9.53. The maximum absolute atomic E-state index is 2.53. The highest BCUT2D eigenvalue weighted by Gasteiger charge is 2.47. The Morgan fingerprint density at radius 3 is 1.92 bits per heavy atom. The minimum absolute atomic E-state index is 0.723. The SMILES string of the molecule is CC(C)C12BC(C)(CCC1)CCC2. The van der Waals surface area contributed by atoms with E-state index in [9.17, 15) is 0 Å². The molecule has 2 bridgehead atoms. The molecule has 0 spiro atoms. The second-order valence-corrected chi connectivity index (χ2v) is 6.21. The van der Waals surface area contributed by atoms with Crippen molar-refractivity contribution in [2.75, 3.05) is 0 Å². The van der Waals surface area contributed by atoms with Crippen molar-refractivity contribution in [3.05, 3.63) is 0 Å². The molecule has 2 heterocycles. The van der Waals surface area contributed by atoms with Crippen LogP contribution in [0.5, 0.6) is 0 Å². The summed E-state index contributed by atoms with van der Waals surface area (Å²) in [5.74, 6) is 0.910. The van der Waals surface area contributed by atoms with Gasteiger partial charge in [0.25, 0.3) is 0 Å². The molecule has 0 atom stereocenters. The number of fused-ring (bicyclic) bond motifs is 2. The molecule has 0 saturated carbocycles. The van der Waals surface area contributed by atoms with Gasteiger partial charge in [0.1, 0.15) is 7.28 Å². The monoisotopic (exact) mass is 178 g/mol. The fourth-order valence-electron chi connectivity index (χ4n) is 3.97. The van der Waals surface area contributed by atoms with Crippen molar-refractivity contribution in [3.8, 4) is 0 Å². The molecule has 0 aromatic rings. The molecule has 2 aliphatic heterocycles. The molecule has 2 fully saturated rings. The summed E-state index contributed by atoms with van der Waals surface area (Å²) in [5.41, 5.74) is 0. The van der Waals surface area contributed by atoms with Crippen molar-refractivity contribution >= 4 is 7.28 Å². The van der Waals surface area contributed by atoms with Gasteiger partial charge in [-0.05, 0) is 5.92 Å². The van der Waals surface area contributed by atoms with Gasteiger partial charge < -0.3 is 0 Å². The molecule has 0 aromatic heterocycles. The Balaban J connectivity index is 2.20. The highest BCUT2D eigenvalue weighted by Crippen LogP contribution is 2.61. The maximum atomic E-state index is 2.53. The smallest absolute Gasteiger partial charge is 0.0665 e. The van der Waals surface area contributed by atoms with Crippen LogP contribution in [-0.4, -0.2) is 7.28 Å². The second-order valence-electron chi connectivity index (χ2n) is 6.21. The summed E-state index contributed by atoms with van der Waals surface area (Å²) in [6, 6.07) is 0. The lowest BCUT2D eigenvalue weighted by atomic mass is 9.28. The summed E-state index contributed by atoms with van der Waals surface area (Å²) >= 11 is 0. The average Bonchev–Trinajstić information content (AvgIpc) is 2.02. The Bertz CT molecular complexity index is 185. The van der Waals surface area contributed by atoms with Gasteiger partial charge in [-0.15, -0.1) is 0 Å². The molecule has 0 radical (unpaired) electrons. The molecule has 0 N–H and O–H groups in total. The van der Waals surface area contributed by atoms with Crippen LogP contribution in [0.15, 0.2) is 0 Å². The van der Waals surface area contributed by atoms with Crippen LogP contribution in [0, 0.1) is 5.92 Å². The Morgan fingerprint density at radius 1 is 1.00 bits per heavy atom. The molecule has 0 unspecified atom stereocenters. The molecule has 2 aliphatic rings. The molecular formula is C12H23B. The van der Waals surface area contributed by atoms with Crippen LogP contribution in [0.3, 0.4) is 0 Å². The van der Waals surface area contributed by atoms with E-state index in [1.807, 2.05) is 0 Å². The van der Waals surface area contributed by atoms with Crippen LogP contribution in [-0.2, 0) is 0 Å². The van der Waals surface area contributed by atoms with E-state index in [0.29, 0.717) is 0 Å². The van der Waals surface area contributed by atoms with Crippen LogP contribution in [0.4, 0.5) is 0 Å². The lowest BCUT2D eigenvalue weighted by Gasteiger charge is -2.52. The Morgan fingerprint density at radius 2 is 1.54 bits per heavy atom.